The molecule has 4 aliphatic carbocycles. The summed E-state index contributed by atoms with van der Waals surface area (Å²) >= 11 is 0. The summed E-state index contributed by atoms with van der Waals surface area (Å²) in [5.41, 5.74) is 1.13. The van der Waals surface area contributed by atoms with Crippen molar-refractivity contribution >= 4 is 23.5 Å². The van der Waals surface area contributed by atoms with Crippen LogP contribution in [0.4, 0.5) is 5.69 Å². The third-order valence-electron chi connectivity index (χ3n) is 8.60. The van der Waals surface area contributed by atoms with Crippen LogP contribution in [0.15, 0.2) is 30.3 Å². The van der Waals surface area contributed by atoms with Gasteiger partial charge in [-0.25, -0.2) is 0 Å². The number of rotatable bonds is 8. The molecule has 2 bridgehead atoms. The molecule has 9 nitrogen and oxygen atoms in total. The van der Waals surface area contributed by atoms with E-state index in [0.29, 0.717) is 36.9 Å². The quantitative estimate of drug-likeness (QED) is 0.444. The van der Waals surface area contributed by atoms with Crippen molar-refractivity contribution in [2.45, 2.75) is 70.4 Å². The molecule has 0 atom stereocenters. The minimum atomic E-state index is -0.824. The number of benzene rings is 2. The van der Waals surface area contributed by atoms with Gasteiger partial charge in [0.25, 0.3) is 11.8 Å². The van der Waals surface area contributed by atoms with Gasteiger partial charge in [-0.05, 0) is 88.5 Å². The molecule has 0 radical (unpaired) electrons. The summed E-state index contributed by atoms with van der Waals surface area (Å²) in [6.45, 7) is 3.61. The summed E-state index contributed by atoms with van der Waals surface area (Å²) in [5, 5.41) is 25.2. The number of carboxylic acids is 1. The Balaban J connectivity index is 1.37. The number of carboxylic acid groups (broad SMARTS) is 1. The molecule has 2 aromatic carbocycles. The first-order chi connectivity index (χ1) is 18.5. The van der Waals surface area contributed by atoms with Gasteiger partial charge in [0.2, 0.25) is 0 Å². The van der Waals surface area contributed by atoms with Crippen molar-refractivity contribution in [3.05, 3.63) is 52.6 Å². The summed E-state index contributed by atoms with van der Waals surface area (Å²) in [7, 11) is 1.41. The largest absolute Gasteiger partial charge is 0.496 e. The van der Waals surface area contributed by atoms with Gasteiger partial charge in [-0.3, -0.25) is 14.4 Å². The zero-order chi connectivity index (χ0) is 27.9. The normalized spacial score (nSPS) is 26.7. The number of nitriles is 1. The zero-order valence-electron chi connectivity index (χ0n) is 22.4. The van der Waals surface area contributed by atoms with Crippen LogP contribution in [0.5, 0.6) is 11.5 Å². The molecule has 0 aromatic heterocycles. The van der Waals surface area contributed by atoms with Crippen LogP contribution < -0.4 is 20.1 Å². The van der Waals surface area contributed by atoms with E-state index >= 15 is 0 Å². The minimum absolute atomic E-state index is 0.0997. The van der Waals surface area contributed by atoms with Gasteiger partial charge >= 0.3 is 5.97 Å². The van der Waals surface area contributed by atoms with Crippen molar-refractivity contribution in [3.63, 3.8) is 0 Å². The molecule has 0 saturated heterocycles. The Morgan fingerprint density at radius 3 is 2.28 bits per heavy atom. The highest BCUT2D eigenvalue weighted by molar-refractivity contribution is 6.10. The standard InChI is InChI=1S/C30H33N3O6/c1-17-4-5-21(27(35)33-30-13-18(14-30)15-30)23(10-17)32-26(34)22-12-24(19(16-31)11-25(22)38-3)39-20-6-8-29(2,9-7-20)28(36)37/h4-5,10-12,18,20H,6-9,13-15H2,1-3H3,(H,32,34)(H,33,35)(H,36,37)/t18?,20-,29+,30?. The first-order valence-electron chi connectivity index (χ1n) is 13.3. The second kappa shape index (κ2) is 9.92. The van der Waals surface area contributed by atoms with Crippen molar-refractivity contribution in [1.82, 2.24) is 5.32 Å². The number of aryl methyl sites for hydroxylation is 1. The molecule has 4 aliphatic rings. The Morgan fingerprint density at radius 1 is 1.03 bits per heavy atom. The van der Waals surface area contributed by atoms with Gasteiger partial charge in [-0.2, -0.15) is 5.26 Å². The van der Waals surface area contributed by atoms with Crippen LogP contribution in [-0.2, 0) is 4.79 Å². The molecular weight excluding hydrogens is 498 g/mol. The Kier molecular flexibility index (Phi) is 6.75. The van der Waals surface area contributed by atoms with Crippen molar-refractivity contribution in [1.29, 1.82) is 5.26 Å². The highest BCUT2D eigenvalue weighted by Gasteiger charge is 2.57. The SMILES string of the molecule is COc1cc(C#N)c(O[C@H]2CC[C@@](C)(C(=O)O)CC2)cc1C(=O)Nc1cc(C)ccc1C(=O)NC12CC(C1)C2. The van der Waals surface area contributed by atoms with Crippen molar-refractivity contribution in [3.8, 4) is 17.6 Å². The first-order valence-corrected chi connectivity index (χ1v) is 13.3. The second-order valence-corrected chi connectivity index (χ2v) is 11.6. The van der Waals surface area contributed by atoms with E-state index in [9.17, 15) is 24.8 Å². The number of anilines is 1. The van der Waals surface area contributed by atoms with E-state index in [1.54, 1.807) is 19.1 Å². The monoisotopic (exact) mass is 531 g/mol. The average Bonchev–Trinajstić information content (AvgIpc) is 2.86. The molecule has 4 saturated carbocycles. The van der Waals surface area contributed by atoms with Gasteiger partial charge < -0.3 is 25.2 Å². The Morgan fingerprint density at radius 2 is 1.72 bits per heavy atom. The molecule has 2 aromatic rings. The van der Waals surface area contributed by atoms with Crippen LogP contribution in [0.25, 0.3) is 0 Å². The molecule has 39 heavy (non-hydrogen) atoms. The lowest BCUT2D eigenvalue weighted by Crippen LogP contribution is -2.68. The van der Waals surface area contributed by atoms with Gasteiger partial charge in [-0.1, -0.05) is 6.07 Å². The number of carbonyl (C=O) groups is 3. The average molecular weight is 532 g/mol. The molecule has 2 amide bonds. The van der Waals surface area contributed by atoms with Crippen LogP contribution in [0.3, 0.4) is 0 Å². The number of ether oxygens (including phenoxy) is 2. The highest BCUT2D eigenvalue weighted by atomic mass is 16.5. The molecular formula is C30H33N3O6. The molecule has 6 rings (SSSR count). The Bertz CT molecular complexity index is 1370. The van der Waals surface area contributed by atoms with Gasteiger partial charge in [-0.15, -0.1) is 0 Å². The number of nitrogens with zero attached hydrogens (tertiary/aromatic N) is 1. The van der Waals surface area contributed by atoms with Gasteiger partial charge in [0.15, 0.2) is 0 Å². The Labute approximate surface area is 227 Å². The van der Waals surface area contributed by atoms with Crippen LogP contribution in [0, 0.1) is 29.6 Å². The predicted molar refractivity (Wildman–Crippen MR) is 143 cm³/mol. The van der Waals surface area contributed by atoms with E-state index in [-0.39, 0.29) is 40.2 Å². The molecule has 4 fully saturated rings. The summed E-state index contributed by atoms with van der Waals surface area (Å²) < 4.78 is 11.6. The van der Waals surface area contributed by atoms with E-state index < -0.39 is 17.3 Å². The Hall–Kier alpha value is -4.06. The third kappa shape index (κ3) is 5.03. The number of carbonyl (C=O) groups excluding carboxylic acids is 2. The summed E-state index contributed by atoms with van der Waals surface area (Å²) in [5.74, 6) is -0.392. The predicted octanol–water partition coefficient (Wildman–Crippen LogP) is 4.82. The molecule has 204 valence electrons. The lowest BCUT2D eigenvalue weighted by Gasteiger charge is -2.61. The van der Waals surface area contributed by atoms with Crippen LogP contribution in [-0.4, -0.2) is 41.6 Å². The topological polar surface area (TPSA) is 138 Å². The molecule has 0 aliphatic heterocycles. The van der Waals surface area contributed by atoms with Crippen molar-refractivity contribution in [2.24, 2.45) is 11.3 Å². The molecule has 9 heteroatoms. The van der Waals surface area contributed by atoms with Gasteiger partial charge in [0.1, 0.15) is 17.6 Å². The third-order valence-corrected chi connectivity index (χ3v) is 8.60. The number of amides is 2. The number of hydrogen-bond acceptors (Lipinski definition) is 6. The van der Waals surface area contributed by atoms with E-state index in [1.807, 2.05) is 13.0 Å². The maximum absolute atomic E-state index is 13.5. The maximum atomic E-state index is 13.5. The molecule has 0 spiro atoms. The molecule has 3 N–H and O–H groups in total. The van der Waals surface area contributed by atoms with E-state index in [4.69, 9.17) is 9.47 Å². The first kappa shape index (κ1) is 26.5. The van der Waals surface area contributed by atoms with Crippen molar-refractivity contribution in [2.75, 3.05) is 12.4 Å². The van der Waals surface area contributed by atoms with Crippen LogP contribution in [0.2, 0.25) is 0 Å². The van der Waals surface area contributed by atoms with Crippen LogP contribution in [0.1, 0.15) is 83.7 Å². The smallest absolute Gasteiger partial charge is 0.309 e. The van der Waals surface area contributed by atoms with E-state index in [0.717, 1.165) is 30.7 Å². The molecule has 0 unspecified atom stereocenters. The second-order valence-electron chi connectivity index (χ2n) is 11.6. The van der Waals surface area contributed by atoms with Crippen molar-refractivity contribution < 1.29 is 29.0 Å². The van der Waals surface area contributed by atoms with E-state index in [2.05, 4.69) is 16.7 Å². The lowest BCUT2D eigenvalue weighted by molar-refractivity contribution is -0.150. The van der Waals surface area contributed by atoms with Gasteiger partial charge in [0.05, 0.1) is 41.0 Å². The molecule has 0 heterocycles. The fourth-order valence-electron chi connectivity index (χ4n) is 5.92. The summed E-state index contributed by atoms with van der Waals surface area (Å²) in [6, 6.07) is 10.3. The number of methoxy groups -OCH3 is 1. The lowest BCUT2D eigenvalue weighted by atomic mass is 9.50. The van der Waals surface area contributed by atoms with E-state index in [1.165, 1.54) is 19.2 Å². The van der Waals surface area contributed by atoms with Crippen LogP contribution >= 0.6 is 0 Å². The number of hydrogen-bond donors (Lipinski definition) is 3. The zero-order valence-corrected chi connectivity index (χ0v) is 22.4. The minimum Gasteiger partial charge on any atom is -0.496 e. The number of aliphatic carboxylic acids is 1. The fourth-order valence-corrected chi connectivity index (χ4v) is 5.92. The highest BCUT2D eigenvalue weighted by Crippen LogP contribution is 2.57. The maximum Gasteiger partial charge on any atom is 0.309 e. The number of nitrogens with one attached hydrogen (secondary N) is 2. The summed E-state index contributed by atoms with van der Waals surface area (Å²) in [6.07, 6.45) is 4.70. The summed E-state index contributed by atoms with van der Waals surface area (Å²) in [4.78, 5) is 38.2. The van der Waals surface area contributed by atoms with Gasteiger partial charge in [0, 0.05) is 11.6 Å². The fraction of sp³-hybridized carbons (Fsp3) is 0.467.